The molecule has 38 heavy (non-hydrogen) atoms. The number of methoxy groups -OCH3 is 1. The second-order valence-corrected chi connectivity index (χ2v) is 12.7. The van der Waals surface area contributed by atoms with Crippen LogP contribution < -0.4 is 4.74 Å². The summed E-state index contributed by atoms with van der Waals surface area (Å²) in [6, 6.07) is 18.7. The summed E-state index contributed by atoms with van der Waals surface area (Å²) in [5, 5.41) is 0. The zero-order valence-electron chi connectivity index (χ0n) is 23.9. The van der Waals surface area contributed by atoms with Gasteiger partial charge in [0.1, 0.15) is 5.75 Å². The normalized spacial score (nSPS) is 17.9. The first-order chi connectivity index (χ1) is 18.5. The van der Waals surface area contributed by atoms with E-state index in [-0.39, 0.29) is 5.92 Å². The molecule has 0 amide bonds. The minimum Gasteiger partial charge on any atom is -0.496 e. The van der Waals surface area contributed by atoms with E-state index in [1.54, 1.807) is 16.7 Å². The third kappa shape index (κ3) is 5.58. The van der Waals surface area contributed by atoms with E-state index in [0.29, 0.717) is 11.8 Å². The van der Waals surface area contributed by atoms with Crippen LogP contribution in [0.3, 0.4) is 0 Å². The van der Waals surface area contributed by atoms with E-state index in [2.05, 4.69) is 91.9 Å². The number of alkyl halides is 1. The molecule has 1 unspecified atom stereocenters. The molecule has 0 spiro atoms. The van der Waals surface area contributed by atoms with Gasteiger partial charge < -0.3 is 4.74 Å². The van der Waals surface area contributed by atoms with Crippen molar-refractivity contribution < 1.29 is 4.74 Å². The lowest BCUT2D eigenvalue weighted by molar-refractivity contribution is 0.386. The Morgan fingerprint density at radius 3 is 2.03 bits per heavy atom. The van der Waals surface area contributed by atoms with Crippen LogP contribution in [-0.4, -0.2) is 7.11 Å². The molecular weight excluding hydrogens is 575 g/mol. The van der Waals surface area contributed by atoms with Gasteiger partial charge in [0, 0.05) is 10.3 Å². The lowest BCUT2D eigenvalue weighted by Crippen LogP contribution is -2.16. The van der Waals surface area contributed by atoms with Crippen LogP contribution in [-0.2, 0) is 4.43 Å². The molecule has 0 heterocycles. The van der Waals surface area contributed by atoms with Crippen LogP contribution in [0.15, 0.2) is 48.5 Å². The third-order valence-electron chi connectivity index (χ3n) is 9.52. The van der Waals surface area contributed by atoms with E-state index in [1.807, 2.05) is 7.11 Å². The molecule has 2 heteroatoms. The molecular formula is C36H45IO. The summed E-state index contributed by atoms with van der Waals surface area (Å²) in [6.45, 7) is 7.10. The maximum atomic E-state index is 6.00. The molecule has 2 saturated carbocycles. The van der Waals surface area contributed by atoms with Crippen LogP contribution in [0.5, 0.6) is 5.75 Å². The van der Waals surface area contributed by atoms with Crippen LogP contribution in [0, 0.1) is 20.8 Å². The highest BCUT2D eigenvalue weighted by Gasteiger charge is 2.30. The topological polar surface area (TPSA) is 9.23 Å². The molecule has 2 fully saturated rings. The number of ether oxygens (including phenoxy) is 1. The van der Waals surface area contributed by atoms with Crippen molar-refractivity contribution in [2.45, 2.75) is 107 Å². The van der Waals surface area contributed by atoms with Crippen LogP contribution in [0.2, 0.25) is 0 Å². The van der Waals surface area contributed by atoms with Crippen molar-refractivity contribution in [1.82, 2.24) is 0 Å². The smallest absolute Gasteiger partial charge is 0.122 e. The molecule has 0 radical (unpaired) electrons. The average Bonchev–Trinajstić information content (AvgIpc) is 2.96. The summed E-state index contributed by atoms with van der Waals surface area (Å²) in [7, 11) is 1.85. The van der Waals surface area contributed by atoms with Gasteiger partial charge in [0.25, 0.3) is 0 Å². The van der Waals surface area contributed by atoms with Gasteiger partial charge in [-0.15, -0.1) is 0 Å². The predicted octanol–water partition coefficient (Wildman–Crippen LogP) is 10.8. The minimum absolute atomic E-state index is 0.232. The molecule has 202 valence electrons. The largest absolute Gasteiger partial charge is 0.496 e. The third-order valence-corrected chi connectivity index (χ3v) is 10.3. The summed E-state index contributed by atoms with van der Waals surface area (Å²) < 4.78 is 7.09. The van der Waals surface area contributed by atoms with E-state index < -0.39 is 0 Å². The van der Waals surface area contributed by atoms with Crippen LogP contribution in [0.4, 0.5) is 0 Å². The van der Waals surface area contributed by atoms with Crippen molar-refractivity contribution in [2.24, 2.45) is 0 Å². The fourth-order valence-corrected chi connectivity index (χ4v) is 8.33. The zero-order valence-corrected chi connectivity index (χ0v) is 26.1. The molecule has 1 atom stereocenters. The first-order valence-electron chi connectivity index (χ1n) is 15.0. The highest BCUT2D eigenvalue weighted by Crippen LogP contribution is 2.46. The number of benzene rings is 3. The Kier molecular flexibility index (Phi) is 9.18. The van der Waals surface area contributed by atoms with Gasteiger partial charge in [0.2, 0.25) is 0 Å². The summed E-state index contributed by atoms with van der Waals surface area (Å²) in [5.41, 5.74) is 13.4. The van der Waals surface area contributed by atoms with Crippen LogP contribution in [0.25, 0.3) is 0 Å². The molecule has 2 aliphatic rings. The van der Waals surface area contributed by atoms with Crippen molar-refractivity contribution in [2.75, 3.05) is 7.11 Å². The summed E-state index contributed by atoms with van der Waals surface area (Å²) in [5.74, 6) is 2.63. The number of halogens is 1. The zero-order chi connectivity index (χ0) is 26.6. The van der Waals surface area contributed by atoms with Gasteiger partial charge in [0.15, 0.2) is 0 Å². The molecule has 0 bridgehead atoms. The van der Waals surface area contributed by atoms with Crippen molar-refractivity contribution >= 4 is 22.6 Å². The van der Waals surface area contributed by atoms with Gasteiger partial charge >= 0.3 is 0 Å². The summed E-state index contributed by atoms with van der Waals surface area (Å²) in [4.78, 5) is 0. The first kappa shape index (κ1) is 27.7. The van der Waals surface area contributed by atoms with E-state index in [4.69, 9.17) is 4.74 Å². The fraction of sp³-hybridized carbons (Fsp3) is 0.500. The molecule has 5 rings (SSSR count). The number of aryl methyl sites for hydroxylation is 2. The van der Waals surface area contributed by atoms with Gasteiger partial charge in [-0.1, -0.05) is 104 Å². The lowest BCUT2D eigenvalue weighted by Gasteiger charge is -2.32. The maximum absolute atomic E-state index is 6.00. The molecule has 0 aliphatic heterocycles. The molecule has 2 aliphatic carbocycles. The van der Waals surface area contributed by atoms with Crippen molar-refractivity contribution in [1.29, 1.82) is 0 Å². The average molecular weight is 621 g/mol. The van der Waals surface area contributed by atoms with Crippen molar-refractivity contribution in [3.63, 3.8) is 0 Å². The molecule has 0 aromatic heterocycles. The van der Waals surface area contributed by atoms with Gasteiger partial charge in [-0.25, -0.2) is 0 Å². The highest BCUT2D eigenvalue weighted by atomic mass is 127. The Morgan fingerprint density at radius 2 is 1.42 bits per heavy atom. The molecule has 1 nitrogen and oxygen atoms in total. The van der Waals surface area contributed by atoms with Crippen molar-refractivity contribution in [3.05, 3.63) is 98.6 Å². The first-order valence-corrected chi connectivity index (χ1v) is 16.5. The van der Waals surface area contributed by atoms with Crippen LogP contribution >= 0.6 is 22.6 Å². The Labute approximate surface area is 244 Å². The van der Waals surface area contributed by atoms with E-state index in [0.717, 1.165) is 10.2 Å². The Bertz CT molecular complexity index is 1230. The Balaban J connectivity index is 1.73. The van der Waals surface area contributed by atoms with Gasteiger partial charge in [-0.3, -0.25) is 0 Å². The van der Waals surface area contributed by atoms with Crippen molar-refractivity contribution in [3.8, 4) is 5.75 Å². The summed E-state index contributed by atoms with van der Waals surface area (Å²) >= 11 is 2.59. The van der Waals surface area contributed by atoms with Crippen LogP contribution in [0.1, 0.15) is 132 Å². The number of hydrogen-bond acceptors (Lipinski definition) is 1. The van der Waals surface area contributed by atoms with E-state index in [1.165, 1.54) is 97.6 Å². The van der Waals surface area contributed by atoms with Gasteiger partial charge in [-0.2, -0.15) is 0 Å². The van der Waals surface area contributed by atoms with Gasteiger partial charge in [0.05, 0.1) is 7.11 Å². The standard InChI is InChI=1S/C36H45IO/c1-24-21-33(38-4)32(27-14-8-5-9-15-27)22-31(24)36(29-18-12-7-13-19-29)34-25(2)20-30(23-37)35(26(34)3)28-16-10-6-11-17-28/h7,12-13,18-22,27-28,36H,5-6,8-11,14-17,23H2,1-4H3. The minimum atomic E-state index is 0.232. The quantitative estimate of drug-likeness (QED) is 0.145. The summed E-state index contributed by atoms with van der Waals surface area (Å²) in [6.07, 6.45) is 13.4. The highest BCUT2D eigenvalue weighted by molar-refractivity contribution is 14.1. The monoisotopic (exact) mass is 620 g/mol. The fourth-order valence-electron chi connectivity index (χ4n) is 7.70. The molecule has 0 saturated heterocycles. The van der Waals surface area contributed by atoms with Gasteiger partial charge in [-0.05, 0) is 114 Å². The second kappa shape index (κ2) is 12.6. The maximum Gasteiger partial charge on any atom is 0.122 e. The Hall–Kier alpha value is -1.81. The SMILES string of the molecule is COc1cc(C)c(C(c2ccccc2)c2c(C)cc(CI)c(C3CCCCC3)c2C)cc1C1CCCCC1. The molecule has 3 aromatic carbocycles. The van der Waals surface area contributed by atoms with E-state index in [9.17, 15) is 0 Å². The number of rotatable bonds is 7. The molecule has 0 N–H and O–H groups in total. The Morgan fingerprint density at radius 1 is 0.789 bits per heavy atom. The molecule has 3 aromatic rings. The second-order valence-electron chi connectivity index (χ2n) is 11.9. The van der Waals surface area contributed by atoms with E-state index >= 15 is 0 Å². The lowest BCUT2D eigenvalue weighted by atomic mass is 9.73. The predicted molar refractivity (Wildman–Crippen MR) is 170 cm³/mol. The number of hydrogen-bond donors (Lipinski definition) is 0.